The van der Waals surface area contributed by atoms with Crippen molar-refractivity contribution in [1.29, 1.82) is 0 Å². The lowest BCUT2D eigenvalue weighted by atomic mass is 10.1. The van der Waals surface area contributed by atoms with Crippen LogP contribution in [0.5, 0.6) is 0 Å². The minimum Gasteiger partial charge on any atom is -0.456 e. The van der Waals surface area contributed by atoms with Crippen molar-refractivity contribution in [2.45, 2.75) is 12.8 Å². The highest BCUT2D eigenvalue weighted by molar-refractivity contribution is 6.21. The quantitative estimate of drug-likeness (QED) is 0.554. The lowest BCUT2D eigenvalue weighted by molar-refractivity contribution is -0.148. The van der Waals surface area contributed by atoms with Gasteiger partial charge in [-0.25, -0.2) is 0 Å². The highest BCUT2D eigenvalue weighted by atomic mass is 16.5. The van der Waals surface area contributed by atoms with Crippen LogP contribution in [0.15, 0.2) is 54.6 Å². The predicted molar refractivity (Wildman–Crippen MR) is 101 cm³/mol. The van der Waals surface area contributed by atoms with Crippen molar-refractivity contribution >= 4 is 23.7 Å². The molecule has 0 saturated carbocycles. The molecule has 1 aliphatic heterocycles. The molecular formula is C21H20N2O5. The number of benzene rings is 2. The Bertz CT molecular complexity index is 860. The Morgan fingerprint density at radius 1 is 0.893 bits per heavy atom. The number of fused-ring (bicyclic) bond motifs is 1. The van der Waals surface area contributed by atoms with Gasteiger partial charge in [-0.3, -0.25) is 24.1 Å². The summed E-state index contributed by atoms with van der Waals surface area (Å²) in [5, 5.41) is 2.67. The SMILES string of the molecule is O=C(COC(=O)CCN1C(=O)c2ccccc2C1=O)NCCc1ccccc1. The van der Waals surface area contributed by atoms with Crippen molar-refractivity contribution in [3.63, 3.8) is 0 Å². The number of nitrogens with zero attached hydrogens (tertiary/aromatic N) is 1. The maximum absolute atomic E-state index is 12.2. The first-order valence-electron chi connectivity index (χ1n) is 8.97. The van der Waals surface area contributed by atoms with E-state index in [0.717, 1.165) is 10.5 Å². The van der Waals surface area contributed by atoms with E-state index >= 15 is 0 Å². The molecule has 3 amide bonds. The fourth-order valence-corrected chi connectivity index (χ4v) is 2.91. The Morgan fingerprint density at radius 3 is 2.14 bits per heavy atom. The molecule has 0 radical (unpaired) electrons. The van der Waals surface area contributed by atoms with Crippen LogP contribution < -0.4 is 5.32 Å². The van der Waals surface area contributed by atoms with Crippen molar-refractivity contribution in [1.82, 2.24) is 10.2 Å². The fourth-order valence-electron chi connectivity index (χ4n) is 2.91. The molecule has 3 rings (SSSR count). The number of imide groups is 1. The number of esters is 1. The molecule has 0 atom stereocenters. The average Bonchev–Trinajstić information content (AvgIpc) is 2.96. The minimum absolute atomic E-state index is 0.0825. The molecule has 144 valence electrons. The summed E-state index contributed by atoms with van der Waals surface area (Å²) < 4.78 is 4.91. The van der Waals surface area contributed by atoms with Crippen LogP contribution in [0, 0.1) is 0 Å². The van der Waals surface area contributed by atoms with Crippen molar-refractivity contribution < 1.29 is 23.9 Å². The Labute approximate surface area is 162 Å². The van der Waals surface area contributed by atoms with Crippen LogP contribution in [0.1, 0.15) is 32.7 Å². The summed E-state index contributed by atoms with van der Waals surface area (Å²) in [6.45, 7) is -0.0357. The third-order valence-electron chi connectivity index (χ3n) is 4.36. The Kier molecular flexibility index (Phi) is 6.16. The van der Waals surface area contributed by atoms with Gasteiger partial charge in [-0.2, -0.15) is 0 Å². The molecule has 7 nitrogen and oxygen atoms in total. The zero-order valence-electron chi connectivity index (χ0n) is 15.2. The Balaban J connectivity index is 1.36. The highest BCUT2D eigenvalue weighted by Gasteiger charge is 2.35. The summed E-state index contributed by atoms with van der Waals surface area (Å²) in [6, 6.07) is 16.2. The molecule has 0 saturated heterocycles. The van der Waals surface area contributed by atoms with Gasteiger partial charge in [0.15, 0.2) is 6.61 Å². The second-order valence-electron chi connectivity index (χ2n) is 6.30. The average molecular weight is 380 g/mol. The smallest absolute Gasteiger partial charge is 0.308 e. The summed E-state index contributed by atoms with van der Waals surface area (Å²) in [4.78, 5) is 49.0. The number of carbonyl (C=O) groups is 4. The van der Waals surface area contributed by atoms with Gasteiger partial charge in [0, 0.05) is 13.1 Å². The predicted octanol–water partition coefficient (Wildman–Crippen LogP) is 1.57. The highest BCUT2D eigenvalue weighted by Crippen LogP contribution is 2.22. The molecule has 28 heavy (non-hydrogen) atoms. The maximum Gasteiger partial charge on any atom is 0.308 e. The number of nitrogens with one attached hydrogen (secondary N) is 1. The lowest BCUT2D eigenvalue weighted by Gasteiger charge is -2.13. The molecule has 1 aliphatic rings. The van der Waals surface area contributed by atoms with E-state index in [9.17, 15) is 19.2 Å². The van der Waals surface area contributed by atoms with E-state index < -0.39 is 30.3 Å². The van der Waals surface area contributed by atoms with Crippen molar-refractivity contribution in [2.75, 3.05) is 19.7 Å². The van der Waals surface area contributed by atoms with Gasteiger partial charge in [-0.05, 0) is 24.1 Å². The third kappa shape index (κ3) is 4.62. The molecule has 2 aromatic carbocycles. The lowest BCUT2D eigenvalue weighted by Crippen LogP contribution is -2.33. The number of hydrogen-bond acceptors (Lipinski definition) is 5. The van der Waals surface area contributed by atoms with Gasteiger partial charge in [0.25, 0.3) is 17.7 Å². The molecule has 0 aromatic heterocycles. The topological polar surface area (TPSA) is 92.8 Å². The monoisotopic (exact) mass is 380 g/mol. The summed E-state index contributed by atoms with van der Waals surface area (Å²) in [6.07, 6.45) is 0.517. The van der Waals surface area contributed by atoms with Gasteiger partial charge < -0.3 is 10.1 Å². The molecule has 7 heteroatoms. The summed E-state index contributed by atoms with van der Waals surface area (Å²) >= 11 is 0. The van der Waals surface area contributed by atoms with Gasteiger partial charge in [-0.1, -0.05) is 42.5 Å². The molecule has 0 fully saturated rings. The van der Waals surface area contributed by atoms with Gasteiger partial charge in [-0.15, -0.1) is 0 Å². The van der Waals surface area contributed by atoms with Crippen molar-refractivity contribution in [2.24, 2.45) is 0 Å². The van der Waals surface area contributed by atoms with Gasteiger partial charge >= 0.3 is 5.97 Å². The second-order valence-corrected chi connectivity index (χ2v) is 6.30. The molecular weight excluding hydrogens is 360 g/mol. The van der Waals surface area contributed by atoms with Crippen LogP contribution >= 0.6 is 0 Å². The number of hydrogen-bond donors (Lipinski definition) is 1. The minimum atomic E-state index is -0.644. The normalized spacial score (nSPS) is 12.6. The summed E-state index contributed by atoms with van der Waals surface area (Å²) in [5.41, 5.74) is 1.76. The van der Waals surface area contributed by atoms with Crippen LogP contribution in [-0.2, 0) is 20.7 Å². The number of rotatable bonds is 8. The number of ether oxygens (including phenoxy) is 1. The van der Waals surface area contributed by atoms with E-state index in [1.54, 1.807) is 24.3 Å². The van der Waals surface area contributed by atoms with E-state index in [0.29, 0.717) is 24.1 Å². The first-order valence-corrected chi connectivity index (χ1v) is 8.97. The van der Waals surface area contributed by atoms with E-state index in [2.05, 4.69) is 5.32 Å². The summed E-state index contributed by atoms with van der Waals surface area (Å²) in [7, 11) is 0. The van der Waals surface area contributed by atoms with E-state index in [4.69, 9.17) is 4.74 Å². The standard InChI is InChI=1S/C21H20N2O5/c24-18(22-12-10-15-6-2-1-3-7-15)14-28-19(25)11-13-23-20(26)16-8-4-5-9-17(16)21(23)27/h1-9H,10-14H2,(H,22,24). The fraction of sp³-hybridized carbons (Fsp3) is 0.238. The summed E-state index contributed by atoms with van der Waals surface area (Å²) in [5.74, 6) is -1.89. The number of amides is 3. The van der Waals surface area contributed by atoms with Crippen LogP contribution in [0.2, 0.25) is 0 Å². The zero-order valence-corrected chi connectivity index (χ0v) is 15.2. The molecule has 2 aromatic rings. The van der Waals surface area contributed by atoms with E-state index in [-0.39, 0.29) is 13.0 Å². The Morgan fingerprint density at radius 2 is 1.50 bits per heavy atom. The van der Waals surface area contributed by atoms with Gasteiger partial charge in [0.05, 0.1) is 17.5 Å². The molecule has 1 N–H and O–H groups in total. The van der Waals surface area contributed by atoms with Crippen LogP contribution in [-0.4, -0.2) is 48.3 Å². The zero-order chi connectivity index (χ0) is 19.9. The molecule has 0 bridgehead atoms. The largest absolute Gasteiger partial charge is 0.456 e. The first kappa shape index (κ1) is 19.3. The molecule has 0 aliphatic carbocycles. The van der Waals surface area contributed by atoms with Crippen molar-refractivity contribution in [3.8, 4) is 0 Å². The third-order valence-corrected chi connectivity index (χ3v) is 4.36. The van der Waals surface area contributed by atoms with Crippen LogP contribution in [0.4, 0.5) is 0 Å². The van der Waals surface area contributed by atoms with Gasteiger partial charge in [0.2, 0.25) is 0 Å². The van der Waals surface area contributed by atoms with Crippen LogP contribution in [0.25, 0.3) is 0 Å². The van der Waals surface area contributed by atoms with E-state index in [1.165, 1.54) is 0 Å². The van der Waals surface area contributed by atoms with E-state index in [1.807, 2.05) is 30.3 Å². The van der Waals surface area contributed by atoms with Crippen LogP contribution in [0.3, 0.4) is 0 Å². The van der Waals surface area contributed by atoms with Crippen molar-refractivity contribution in [3.05, 3.63) is 71.3 Å². The second kappa shape index (κ2) is 8.94. The number of carbonyl (C=O) groups excluding carboxylic acids is 4. The Hall–Kier alpha value is -3.48. The van der Waals surface area contributed by atoms with Gasteiger partial charge in [0.1, 0.15) is 0 Å². The maximum atomic E-state index is 12.2. The first-order chi connectivity index (χ1) is 13.6. The molecule has 1 heterocycles. The molecule has 0 spiro atoms. The molecule has 0 unspecified atom stereocenters.